The van der Waals surface area contributed by atoms with Gasteiger partial charge in [-0.15, -0.1) is 0 Å². The first kappa shape index (κ1) is 21.4. The van der Waals surface area contributed by atoms with E-state index in [2.05, 4.69) is 10.0 Å². The van der Waals surface area contributed by atoms with Gasteiger partial charge in [0.05, 0.1) is 11.5 Å². The van der Waals surface area contributed by atoms with Crippen molar-refractivity contribution in [1.29, 1.82) is 0 Å². The lowest BCUT2D eigenvalue weighted by Crippen LogP contribution is -2.17. The van der Waals surface area contributed by atoms with Gasteiger partial charge in [0.15, 0.2) is 0 Å². The molecule has 0 fully saturated rings. The quantitative estimate of drug-likeness (QED) is 0.573. The highest BCUT2D eigenvalue weighted by atomic mass is 32.2. The van der Waals surface area contributed by atoms with E-state index in [1.807, 2.05) is 19.9 Å². The van der Waals surface area contributed by atoms with E-state index >= 15 is 0 Å². The van der Waals surface area contributed by atoms with Crippen LogP contribution in [0, 0.1) is 13.8 Å². The van der Waals surface area contributed by atoms with E-state index in [1.54, 1.807) is 61.5 Å². The zero-order valence-corrected chi connectivity index (χ0v) is 17.9. The predicted octanol–water partition coefficient (Wildman–Crippen LogP) is 4.76. The van der Waals surface area contributed by atoms with E-state index in [0.717, 1.165) is 5.56 Å². The molecule has 0 radical (unpaired) electrons. The van der Waals surface area contributed by atoms with Crippen LogP contribution in [0.25, 0.3) is 0 Å². The van der Waals surface area contributed by atoms with Crippen LogP contribution >= 0.6 is 0 Å². The molecule has 0 aliphatic rings. The fourth-order valence-corrected chi connectivity index (χ4v) is 4.30. The lowest BCUT2D eigenvalue weighted by molar-refractivity contribution is 0.102. The number of hydrogen-bond acceptors (Lipinski definition) is 4. The summed E-state index contributed by atoms with van der Waals surface area (Å²) < 4.78 is 33.9. The number of hydrogen-bond donors (Lipinski definition) is 2. The van der Waals surface area contributed by atoms with Crippen LogP contribution in [0.1, 0.15) is 28.4 Å². The van der Waals surface area contributed by atoms with Crippen LogP contribution < -0.4 is 14.8 Å². The standard InChI is InChI=1S/C23H24N2O4S/c1-4-29-21-10-6-8-19(15-21)24-23(26)18-12-11-17(3)22(14-18)30(27,28)25-20-9-5-7-16(2)13-20/h5-15,25H,4H2,1-3H3,(H,24,26). The summed E-state index contributed by atoms with van der Waals surface area (Å²) in [7, 11) is -3.85. The highest BCUT2D eigenvalue weighted by Crippen LogP contribution is 2.23. The van der Waals surface area contributed by atoms with Crippen LogP contribution in [0.4, 0.5) is 11.4 Å². The van der Waals surface area contributed by atoms with Gasteiger partial charge in [-0.1, -0.05) is 24.3 Å². The molecule has 3 aromatic rings. The lowest BCUT2D eigenvalue weighted by atomic mass is 10.1. The second kappa shape index (κ2) is 9.00. The summed E-state index contributed by atoms with van der Waals surface area (Å²) in [6.07, 6.45) is 0. The van der Waals surface area contributed by atoms with Crippen molar-refractivity contribution < 1.29 is 17.9 Å². The highest BCUT2D eigenvalue weighted by molar-refractivity contribution is 7.92. The third-order valence-electron chi connectivity index (χ3n) is 4.41. The number of aryl methyl sites for hydroxylation is 2. The molecule has 0 spiro atoms. The Kier molecular flexibility index (Phi) is 6.42. The summed E-state index contributed by atoms with van der Waals surface area (Å²) in [5.41, 5.74) is 2.76. The van der Waals surface area contributed by atoms with Gasteiger partial charge in [0.2, 0.25) is 0 Å². The zero-order chi connectivity index (χ0) is 21.7. The molecule has 6 nitrogen and oxygen atoms in total. The van der Waals surface area contributed by atoms with Crippen LogP contribution in [-0.4, -0.2) is 20.9 Å². The first-order valence-electron chi connectivity index (χ1n) is 9.53. The summed E-state index contributed by atoms with van der Waals surface area (Å²) in [4.78, 5) is 12.8. The van der Waals surface area contributed by atoms with Crippen molar-refractivity contribution in [2.75, 3.05) is 16.6 Å². The Morgan fingerprint density at radius 3 is 2.40 bits per heavy atom. The average molecular weight is 425 g/mol. The zero-order valence-electron chi connectivity index (χ0n) is 17.1. The van der Waals surface area contributed by atoms with Crippen LogP contribution in [0.3, 0.4) is 0 Å². The minimum atomic E-state index is -3.85. The van der Waals surface area contributed by atoms with Crippen molar-refractivity contribution in [2.45, 2.75) is 25.7 Å². The Labute approximate surface area is 177 Å². The van der Waals surface area contributed by atoms with E-state index in [4.69, 9.17) is 4.74 Å². The second-order valence-corrected chi connectivity index (χ2v) is 8.52. The van der Waals surface area contributed by atoms with Gasteiger partial charge in [0.25, 0.3) is 15.9 Å². The summed E-state index contributed by atoms with van der Waals surface area (Å²) in [6.45, 7) is 5.97. The minimum absolute atomic E-state index is 0.0553. The summed E-state index contributed by atoms with van der Waals surface area (Å²) >= 11 is 0. The number of nitrogens with one attached hydrogen (secondary N) is 2. The van der Waals surface area contributed by atoms with Crippen LogP contribution in [0.2, 0.25) is 0 Å². The molecule has 1 amide bonds. The normalized spacial score (nSPS) is 11.0. The third kappa shape index (κ3) is 5.18. The van der Waals surface area contributed by atoms with Gasteiger partial charge in [-0.05, 0) is 68.3 Å². The molecule has 0 saturated carbocycles. The molecule has 0 aromatic heterocycles. The number of carbonyl (C=O) groups is 1. The molecule has 0 aliphatic carbocycles. The van der Waals surface area contributed by atoms with E-state index in [9.17, 15) is 13.2 Å². The molecule has 0 atom stereocenters. The summed E-state index contributed by atoms with van der Waals surface area (Å²) in [5.74, 6) is 0.237. The van der Waals surface area contributed by atoms with Gasteiger partial charge in [-0.3, -0.25) is 9.52 Å². The number of anilines is 2. The molecule has 2 N–H and O–H groups in total. The molecule has 0 bridgehead atoms. The number of carbonyl (C=O) groups excluding carboxylic acids is 1. The van der Waals surface area contributed by atoms with Gasteiger partial charge in [0.1, 0.15) is 5.75 Å². The molecule has 7 heteroatoms. The van der Waals surface area contributed by atoms with E-state index in [0.29, 0.717) is 29.3 Å². The van der Waals surface area contributed by atoms with E-state index in [1.165, 1.54) is 6.07 Å². The monoisotopic (exact) mass is 424 g/mol. The maximum absolute atomic E-state index is 12.9. The topological polar surface area (TPSA) is 84.5 Å². The van der Waals surface area contributed by atoms with E-state index < -0.39 is 15.9 Å². The Balaban J connectivity index is 1.85. The second-order valence-electron chi connectivity index (χ2n) is 6.87. The molecule has 156 valence electrons. The fraction of sp³-hybridized carbons (Fsp3) is 0.174. The number of ether oxygens (including phenoxy) is 1. The first-order chi connectivity index (χ1) is 14.3. The van der Waals surface area contributed by atoms with Crippen LogP contribution in [0.5, 0.6) is 5.75 Å². The molecule has 0 unspecified atom stereocenters. The first-order valence-corrected chi connectivity index (χ1v) is 11.0. The molecule has 30 heavy (non-hydrogen) atoms. The lowest BCUT2D eigenvalue weighted by Gasteiger charge is -2.13. The summed E-state index contributed by atoms with van der Waals surface area (Å²) in [5, 5.41) is 2.78. The molecule has 3 aromatic carbocycles. The summed E-state index contributed by atoms with van der Waals surface area (Å²) in [6, 6.07) is 18.7. The van der Waals surface area contributed by atoms with Gasteiger partial charge < -0.3 is 10.1 Å². The Morgan fingerprint density at radius 1 is 0.933 bits per heavy atom. The van der Waals surface area contributed by atoms with Gasteiger partial charge in [0, 0.05) is 23.0 Å². The van der Waals surface area contributed by atoms with Gasteiger partial charge in [-0.2, -0.15) is 0 Å². The van der Waals surface area contributed by atoms with Crippen molar-refractivity contribution in [3.8, 4) is 5.75 Å². The Bertz CT molecular complexity index is 1170. The Hall–Kier alpha value is -3.32. The van der Waals surface area contributed by atoms with Crippen molar-refractivity contribution in [3.63, 3.8) is 0 Å². The van der Waals surface area contributed by atoms with Gasteiger partial charge in [-0.25, -0.2) is 8.42 Å². The average Bonchev–Trinajstić information content (AvgIpc) is 2.68. The largest absolute Gasteiger partial charge is 0.494 e. The molecule has 0 saturated heterocycles. The molecular formula is C23H24N2O4S. The maximum atomic E-state index is 12.9. The van der Waals surface area contributed by atoms with Crippen molar-refractivity contribution in [1.82, 2.24) is 0 Å². The third-order valence-corrected chi connectivity index (χ3v) is 5.94. The molecule has 0 heterocycles. The number of rotatable bonds is 7. The van der Waals surface area contributed by atoms with Crippen LogP contribution in [0.15, 0.2) is 71.6 Å². The van der Waals surface area contributed by atoms with Crippen LogP contribution in [-0.2, 0) is 10.0 Å². The minimum Gasteiger partial charge on any atom is -0.494 e. The Morgan fingerprint density at radius 2 is 1.67 bits per heavy atom. The number of amides is 1. The van der Waals surface area contributed by atoms with Crippen molar-refractivity contribution in [2.24, 2.45) is 0 Å². The fourth-order valence-electron chi connectivity index (χ4n) is 2.98. The molecule has 0 aliphatic heterocycles. The van der Waals surface area contributed by atoms with Gasteiger partial charge >= 0.3 is 0 Å². The highest BCUT2D eigenvalue weighted by Gasteiger charge is 2.19. The number of sulfonamides is 1. The maximum Gasteiger partial charge on any atom is 0.262 e. The smallest absolute Gasteiger partial charge is 0.262 e. The molecule has 3 rings (SSSR count). The number of benzene rings is 3. The van der Waals surface area contributed by atoms with Crippen molar-refractivity contribution in [3.05, 3.63) is 83.4 Å². The van der Waals surface area contributed by atoms with E-state index in [-0.39, 0.29) is 10.5 Å². The molecular weight excluding hydrogens is 400 g/mol. The SMILES string of the molecule is CCOc1cccc(NC(=O)c2ccc(C)c(S(=O)(=O)Nc3cccc(C)c3)c2)c1. The predicted molar refractivity (Wildman–Crippen MR) is 119 cm³/mol. The van der Waals surface area contributed by atoms with Crippen molar-refractivity contribution >= 4 is 27.3 Å².